The van der Waals surface area contributed by atoms with Crippen LogP contribution in [0.2, 0.25) is 0 Å². The van der Waals surface area contributed by atoms with E-state index in [2.05, 4.69) is 27.5 Å². The Labute approximate surface area is 264 Å². The van der Waals surface area contributed by atoms with Crippen LogP contribution < -0.4 is 15.5 Å². The number of likely N-dealkylation sites (tertiary alicyclic amines) is 1. The molecule has 0 bridgehead atoms. The summed E-state index contributed by atoms with van der Waals surface area (Å²) in [5.74, 6) is 0.807. The molecule has 15 heteroatoms. The fourth-order valence-corrected chi connectivity index (χ4v) is 4.90. The van der Waals surface area contributed by atoms with Crippen molar-refractivity contribution in [3.05, 3.63) is 18.6 Å². The van der Waals surface area contributed by atoms with Crippen LogP contribution in [0.1, 0.15) is 40.5 Å². The fourth-order valence-electron chi connectivity index (χ4n) is 4.90. The second-order valence-corrected chi connectivity index (χ2v) is 11.7. The molecule has 0 unspecified atom stereocenters. The molecule has 0 aliphatic carbocycles. The van der Waals surface area contributed by atoms with Crippen LogP contribution in [-0.2, 0) is 23.7 Å². The fraction of sp³-hybridized carbons (Fsp3) is 0.667. The summed E-state index contributed by atoms with van der Waals surface area (Å²) in [5.41, 5.74) is -0.0624. The van der Waals surface area contributed by atoms with Gasteiger partial charge in [0.25, 0.3) is 0 Å². The molecule has 0 aromatic carbocycles. The maximum Gasteiger partial charge on any atom is 0.407 e. The molecule has 2 aromatic heterocycles. The first-order chi connectivity index (χ1) is 21.5. The third-order valence-corrected chi connectivity index (χ3v) is 7.19. The predicted molar refractivity (Wildman–Crippen MR) is 166 cm³/mol. The average Bonchev–Trinajstić information content (AvgIpc) is 3.43. The molecule has 0 radical (unpaired) electrons. The van der Waals surface area contributed by atoms with E-state index in [4.69, 9.17) is 24.2 Å². The van der Waals surface area contributed by atoms with Gasteiger partial charge in [0.05, 0.1) is 57.1 Å². The smallest absolute Gasteiger partial charge is 0.407 e. The van der Waals surface area contributed by atoms with Gasteiger partial charge in [-0.3, -0.25) is 9.36 Å². The molecule has 3 amide bonds. The Bertz CT molecular complexity index is 1310. The summed E-state index contributed by atoms with van der Waals surface area (Å²) < 4.78 is 23.0. The molecule has 1 aliphatic heterocycles. The lowest BCUT2D eigenvalue weighted by Gasteiger charge is -2.42. The van der Waals surface area contributed by atoms with E-state index in [0.717, 1.165) is 11.8 Å². The van der Waals surface area contributed by atoms with Crippen LogP contribution in [0.4, 0.5) is 15.4 Å². The first-order valence-electron chi connectivity index (χ1n) is 15.2. The Hall–Kier alpha value is -4.00. The Kier molecular flexibility index (Phi) is 13.8. The summed E-state index contributed by atoms with van der Waals surface area (Å²) in [6.45, 7) is 11.5. The number of aromatic nitrogens is 3. The molecule has 0 saturated carbocycles. The molecule has 3 rings (SSSR count). The van der Waals surface area contributed by atoms with Gasteiger partial charge in [-0.15, -0.1) is 0 Å². The van der Waals surface area contributed by atoms with Gasteiger partial charge in [-0.25, -0.2) is 19.6 Å². The van der Waals surface area contributed by atoms with E-state index in [9.17, 15) is 14.4 Å². The number of hydrogen-bond donors (Lipinski definition) is 2. The number of rotatable bonds is 15. The summed E-state index contributed by atoms with van der Waals surface area (Å²) in [6, 6.07) is 3.41. The van der Waals surface area contributed by atoms with E-state index in [-0.39, 0.29) is 24.4 Å². The molecule has 15 nitrogen and oxygen atoms in total. The van der Waals surface area contributed by atoms with Crippen LogP contribution >= 0.6 is 0 Å². The largest absolute Gasteiger partial charge is 0.444 e. The molecule has 3 heterocycles. The minimum atomic E-state index is -0.537. The maximum atomic E-state index is 12.9. The number of anilines is 1. The zero-order valence-electron chi connectivity index (χ0n) is 26.9. The summed E-state index contributed by atoms with van der Waals surface area (Å²) in [5, 5.41) is 15.1. The van der Waals surface area contributed by atoms with Crippen LogP contribution in [0.15, 0.2) is 18.6 Å². The van der Waals surface area contributed by atoms with E-state index in [1.807, 2.05) is 24.1 Å². The van der Waals surface area contributed by atoms with Gasteiger partial charge in [0, 0.05) is 39.4 Å². The molecular formula is C30H46N8O7. The van der Waals surface area contributed by atoms with Crippen molar-refractivity contribution >= 4 is 34.9 Å². The number of nitrogens with zero attached hydrogens (tertiary/aromatic N) is 6. The van der Waals surface area contributed by atoms with Crippen molar-refractivity contribution in [2.75, 3.05) is 77.8 Å². The first kappa shape index (κ1) is 35.5. The minimum Gasteiger partial charge on any atom is -0.444 e. The zero-order valence-corrected chi connectivity index (χ0v) is 26.9. The number of piperidine rings is 1. The molecule has 0 spiro atoms. The lowest BCUT2D eigenvalue weighted by molar-refractivity contribution is -0.131. The van der Waals surface area contributed by atoms with Gasteiger partial charge < -0.3 is 39.4 Å². The number of nitrogens with one attached hydrogen (secondary N) is 2. The van der Waals surface area contributed by atoms with Crippen LogP contribution in [0, 0.1) is 17.2 Å². The van der Waals surface area contributed by atoms with Gasteiger partial charge in [0.2, 0.25) is 5.91 Å². The van der Waals surface area contributed by atoms with Crippen LogP contribution in [0.5, 0.6) is 0 Å². The summed E-state index contributed by atoms with van der Waals surface area (Å²) in [6.07, 6.45) is 3.30. The highest BCUT2D eigenvalue weighted by molar-refractivity contribution is 5.94. The van der Waals surface area contributed by atoms with Gasteiger partial charge in [0.1, 0.15) is 24.2 Å². The Balaban J connectivity index is 1.34. The number of carbonyl (C=O) groups is 3. The zero-order chi connectivity index (χ0) is 32.8. The van der Waals surface area contributed by atoms with E-state index < -0.39 is 11.7 Å². The number of nitriles is 1. The van der Waals surface area contributed by atoms with Crippen LogP contribution in [0.25, 0.3) is 11.0 Å². The van der Waals surface area contributed by atoms with Crippen molar-refractivity contribution in [3.63, 3.8) is 0 Å². The van der Waals surface area contributed by atoms with Crippen LogP contribution in [0.3, 0.4) is 0 Å². The van der Waals surface area contributed by atoms with Crippen molar-refractivity contribution in [1.29, 1.82) is 5.26 Å². The molecule has 2 aromatic rings. The van der Waals surface area contributed by atoms with E-state index >= 15 is 0 Å². The molecular weight excluding hydrogens is 584 g/mol. The Morgan fingerprint density at radius 2 is 1.69 bits per heavy atom. The topological polar surface area (TPSA) is 173 Å². The highest BCUT2D eigenvalue weighted by Crippen LogP contribution is 2.29. The van der Waals surface area contributed by atoms with Crippen molar-refractivity contribution < 1.29 is 33.3 Å². The van der Waals surface area contributed by atoms with Gasteiger partial charge in [-0.1, -0.05) is 6.92 Å². The molecule has 2 atom stereocenters. The molecule has 1 fully saturated rings. The molecule has 248 valence electrons. The summed E-state index contributed by atoms with van der Waals surface area (Å²) >= 11 is 0. The number of ether oxygens (including phenoxy) is 4. The van der Waals surface area contributed by atoms with E-state index in [1.54, 1.807) is 31.9 Å². The summed E-state index contributed by atoms with van der Waals surface area (Å²) in [4.78, 5) is 49.4. The normalized spacial score (nSPS) is 16.7. The third kappa shape index (κ3) is 11.1. The van der Waals surface area contributed by atoms with E-state index in [1.165, 1.54) is 10.9 Å². The second-order valence-electron chi connectivity index (χ2n) is 11.7. The number of fused-ring (bicyclic) bond motifs is 1. The third-order valence-electron chi connectivity index (χ3n) is 7.19. The first-order valence-corrected chi connectivity index (χ1v) is 15.2. The number of alkyl carbamates (subject to hydrolysis) is 1. The van der Waals surface area contributed by atoms with Crippen LogP contribution in [-0.4, -0.2) is 122 Å². The lowest BCUT2D eigenvalue weighted by atomic mass is 9.92. The van der Waals surface area contributed by atoms with Crippen molar-refractivity contribution in [1.82, 2.24) is 30.1 Å². The van der Waals surface area contributed by atoms with Gasteiger partial charge in [-0.05, 0) is 39.2 Å². The Morgan fingerprint density at radius 1 is 1.04 bits per heavy atom. The Morgan fingerprint density at radius 3 is 2.33 bits per heavy atom. The minimum absolute atomic E-state index is 0.00145. The van der Waals surface area contributed by atoms with Crippen molar-refractivity contribution in [2.24, 2.45) is 5.92 Å². The average molecular weight is 631 g/mol. The quantitative estimate of drug-likeness (QED) is 0.276. The lowest BCUT2D eigenvalue weighted by Crippen LogP contribution is -2.52. The highest BCUT2D eigenvalue weighted by atomic mass is 16.6. The second kappa shape index (κ2) is 17.5. The predicted octanol–water partition coefficient (Wildman–Crippen LogP) is 2.15. The van der Waals surface area contributed by atoms with Gasteiger partial charge in [0.15, 0.2) is 5.65 Å². The van der Waals surface area contributed by atoms with Gasteiger partial charge >= 0.3 is 12.1 Å². The van der Waals surface area contributed by atoms with Gasteiger partial charge in [-0.2, -0.15) is 5.26 Å². The molecule has 2 N–H and O–H groups in total. The number of amides is 3. The molecule has 1 aliphatic rings. The maximum absolute atomic E-state index is 12.9. The summed E-state index contributed by atoms with van der Waals surface area (Å²) in [7, 11) is 1.93. The van der Waals surface area contributed by atoms with Crippen molar-refractivity contribution in [3.8, 4) is 6.07 Å². The number of likely N-dealkylation sites (N-methyl/N-ethyl adjacent to an activating group) is 1. The molecule has 1 saturated heterocycles. The monoisotopic (exact) mass is 630 g/mol. The van der Waals surface area contributed by atoms with E-state index in [0.29, 0.717) is 83.2 Å². The number of hydrogen-bond acceptors (Lipinski definition) is 11. The highest BCUT2D eigenvalue weighted by Gasteiger charge is 2.33. The van der Waals surface area contributed by atoms with Crippen molar-refractivity contribution in [2.45, 2.75) is 52.2 Å². The molecule has 45 heavy (non-hydrogen) atoms. The SMILES string of the molecule is C[C@@H]1CCN(C(=O)CC#N)C[C@@H]1N(C)c1ncnc2c1ccn2C(=O)NCCOCCOCCOCCNC(=O)OC(C)(C)C. The standard InChI is InChI=1S/C30H46N8O7/c1-22-7-12-37(25(39)6-9-31)20-24(22)36(5)26-23-8-13-38(27(23)35-21-34-26)28(40)32-10-14-42-16-18-44-19-17-43-15-11-33-29(41)45-30(2,3)4/h8,13,21-22,24H,6-7,10-12,14-20H2,1-5H3,(H,32,40)(H,33,41)/t22-,24+/m1/s1. The number of carbonyl (C=O) groups excluding carboxylic acids is 3.